The summed E-state index contributed by atoms with van der Waals surface area (Å²) in [6, 6.07) is 4.30. The van der Waals surface area contributed by atoms with Gasteiger partial charge in [0.15, 0.2) is 0 Å². The van der Waals surface area contributed by atoms with E-state index >= 15 is 0 Å². The Morgan fingerprint density at radius 1 is 1.22 bits per heavy atom. The third-order valence-corrected chi connectivity index (χ3v) is 3.88. The largest absolute Gasteiger partial charge is 0.343 e. The molecule has 1 aromatic carbocycles. The highest BCUT2D eigenvalue weighted by atomic mass is 16.2. The van der Waals surface area contributed by atoms with Crippen molar-refractivity contribution in [1.29, 1.82) is 0 Å². The third kappa shape index (κ3) is 1.93. The highest BCUT2D eigenvalue weighted by Crippen LogP contribution is 2.31. The zero-order valence-electron chi connectivity index (χ0n) is 11.9. The van der Waals surface area contributed by atoms with Crippen LogP contribution in [-0.2, 0) is 10.3 Å². The Balaban J connectivity index is 2.56. The maximum absolute atomic E-state index is 12.5. The summed E-state index contributed by atoms with van der Waals surface area (Å²) in [4.78, 5) is 14.3. The van der Waals surface area contributed by atoms with Gasteiger partial charge in [0.1, 0.15) is 5.54 Å². The Hall–Kier alpha value is -1.35. The molecule has 1 unspecified atom stereocenters. The molecule has 98 valence electrons. The first kappa shape index (κ1) is 13.1. The van der Waals surface area contributed by atoms with E-state index in [1.807, 2.05) is 18.9 Å². The van der Waals surface area contributed by atoms with Gasteiger partial charge in [-0.05, 0) is 44.4 Å². The van der Waals surface area contributed by atoms with Gasteiger partial charge >= 0.3 is 0 Å². The van der Waals surface area contributed by atoms with Crippen molar-refractivity contribution in [3.05, 3.63) is 34.4 Å². The first-order valence-electron chi connectivity index (χ1n) is 6.45. The fourth-order valence-corrected chi connectivity index (χ4v) is 3.20. The van der Waals surface area contributed by atoms with Crippen LogP contribution in [0.4, 0.5) is 0 Å². The summed E-state index contributed by atoms with van der Waals surface area (Å²) in [5, 5.41) is 3.40. The maximum atomic E-state index is 12.5. The lowest BCUT2D eigenvalue weighted by Gasteiger charge is -2.40. The third-order valence-electron chi connectivity index (χ3n) is 3.88. The summed E-state index contributed by atoms with van der Waals surface area (Å²) in [5.74, 6) is 0.156. The summed E-state index contributed by atoms with van der Waals surface area (Å²) in [6.45, 7) is 9.88. The molecule has 1 fully saturated rings. The number of benzene rings is 1. The van der Waals surface area contributed by atoms with Crippen LogP contribution in [0.2, 0.25) is 0 Å². The molecule has 0 aliphatic carbocycles. The van der Waals surface area contributed by atoms with E-state index in [1.165, 1.54) is 16.7 Å². The average molecular weight is 246 g/mol. The second kappa shape index (κ2) is 4.39. The molecule has 0 aromatic heterocycles. The first-order valence-corrected chi connectivity index (χ1v) is 6.45. The number of hydrogen-bond donors (Lipinski definition) is 1. The summed E-state index contributed by atoms with van der Waals surface area (Å²) in [7, 11) is 1.88. The molecule has 1 aliphatic rings. The van der Waals surface area contributed by atoms with E-state index in [0.717, 1.165) is 18.7 Å². The fourth-order valence-electron chi connectivity index (χ4n) is 3.20. The minimum Gasteiger partial charge on any atom is -0.343 e. The van der Waals surface area contributed by atoms with Crippen LogP contribution in [0.3, 0.4) is 0 Å². The molecule has 0 bridgehead atoms. The maximum Gasteiger partial charge on any atom is 0.247 e. The zero-order valence-corrected chi connectivity index (χ0v) is 11.9. The summed E-state index contributed by atoms with van der Waals surface area (Å²) in [6.07, 6.45) is 0. The molecule has 1 atom stereocenters. The molecule has 1 amide bonds. The van der Waals surface area contributed by atoms with Gasteiger partial charge in [0, 0.05) is 20.1 Å². The average Bonchev–Trinajstić information content (AvgIpc) is 2.24. The van der Waals surface area contributed by atoms with E-state index in [0.29, 0.717) is 0 Å². The lowest BCUT2D eigenvalue weighted by Crippen LogP contribution is -2.60. The van der Waals surface area contributed by atoms with Crippen LogP contribution < -0.4 is 5.32 Å². The summed E-state index contributed by atoms with van der Waals surface area (Å²) >= 11 is 0. The Morgan fingerprint density at radius 3 is 2.33 bits per heavy atom. The molecule has 0 radical (unpaired) electrons. The molecule has 1 heterocycles. The molecule has 1 aliphatic heterocycles. The standard InChI is InChI=1S/C15H22N2O/c1-10-8-11(2)13(12(3)9-10)15(4)14(18)17(5)7-6-16-15/h8-9,16H,6-7H2,1-5H3. The second-order valence-electron chi connectivity index (χ2n) is 5.55. The lowest BCUT2D eigenvalue weighted by atomic mass is 9.82. The van der Waals surface area contributed by atoms with E-state index in [2.05, 4.69) is 38.2 Å². The van der Waals surface area contributed by atoms with Crippen molar-refractivity contribution in [3.63, 3.8) is 0 Å². The SMILES string of the molecule is Cc1cc(C)c(C2(C)NCCN(C)C2=O)c(C)c1. The minimum atomic E-state index is -0.588. The van der Waals surface area contributed by atoms with Crippen LogP contribution >= 0.6 is 0 Å². The number of aryl methyl sites for hydroxylation is 3. The molecule has 3 heteroatoms. The van der Waals surface area contributed by atoms with Crippen molar-refractivity contribution in [2.45, 2.75) is 33.2 Å². The van der Waals surface area contributed by atoms with Crippen molar-refractivity contribution in [2.75, 3.05) is 20.1 Å². The number of nitrogens with zero attached hydrogens (tertiary/aromatic N) is 1. The lowest BCUT2D eigenvalue weighted by molar-refractivity contribution is -0.139. The second-order valence-corrected chi connectivity index (χ2v) is 5.55. The zero-order chi connectivity index (χ0) is 13.5. The predicted octanol–water partition coefficient (Wildman–Crippen LogP) is 1.89. The number of hydrogen-bond acceptors (Lipinski definition) is 2. The van der Waals surface area contributed by atoms with E-state index in [1.54, 1.807) is 0 Å². The molecular weight excluding hydrogens is 224 g/mol. The molecular formula is C15H22N2O. The molecule has 0 saturated carbocycles. The Kier molecular flexibility index (Phi) is 3.20. The molecule has 0 spiro atoms. The van der Waals surface area contributed by atoms with Gasteiger partial charge in [-0.25, -0.2) is 0 Å². The van der Waals surface area contributed by atoms with Crippen molar-refractivity contribution in [2.24, 2.45) is 0 Å². The number of carbonyl (C=O) groups excluding carboxylic acids is 1. The van der Waals surface area contributed by atoms with Crippen molar-refractivity contribution < 1.29 is 4.79 Å². The van der Waals surface area contributed by atoms with Crippen LogP contribution in [0.5, 0.6) is 0 Å². The van der Waals surface area contributed by atoms with E-state index in [4.69, 9.17) is 0 Å². The number of carbonyl (C=O) groups is 1. The number of piperazine rings is 1. The molecule has 18 heavy (non-hydrogen) atoms. The molecule has 1 N–H and O–H groups in total. The molecule has 3 nitrogen and oxygen atoms in total. The number of amides is 1. The van der Waals surface area contributed by atoms with E-state index < -0.39 is 5.54 Å². The molecule has 2 rings (SSSR count). The van der Waals surface area contributed by atoms with Crippen LogP contribution in [0.1, 0.15) is 29.2 Å². The highest BCUT2D eigenvalue weighted by molar-refractivity contribution is 5.88. The van der Waals surface area contributed by atoms with E-state index in [9.17, 15) is 4.79 Å². The van der Waals surface area contributed by atoms with Gasteiger partial charge in [0.25, 0.3) is 0 Å². The van der Waals surface area contributed by atoms with Crippen LogP contribution in [0.15, 0.2) is 12.1 Å². The van der Waals surface area contributed by atoms with Gasteiger partial charge in [-0.2, -0.15) is 0 Å². The summed E-state index contributed by atoms with van der Waals surface area (Å²) in [5.41, 5.74) is 4.16. The van der Waals surface area contributed by atoms with Crippen LogP contribution in [0.25, 0.3) is 0 Å². The Labute approximate surface area is 109 Å². The van der Waals surface area contributed by atoms with Crippen LogP contribution in [-0.4, -0.2) is 30.9 Å². The number of nitrogens with one attached hydrogen (secondary N) is 1. The first-order chi connectivity index (χ1) is 8.36. The van der Waals surface area contributed by atoms with Crippen molar-refractivity contribution >= 4 is 5.91 Å². The normalized spacial score (nSPS) is 24.5. The number of rotatable bonds is 1. The van der Waals surface area contributed by atoms with Gasteiger partial charge in [-0.15, -0.1) is 0 Å². The van der Waals surface area contributed by atoms with Crippen LogP contribution in [0, 0.1) is 20.8 Å². The number of likely N-dealkylation sites (N-methyl/N-ethyl adjacent to an activating group) is 1. The van der Waals surface area contributed by atoms with Gasteiger partial charge in [0.05, 0.1) is 0 Å². The Bertz CT molecular complexity index is 472. The molecule has 1 saturated heterocycles. The van der Waals surface area contributed by atoms with Crippen molar-refractivity contribution in [1.82, 2.24) is 10.2 Å². The monoisotopic (exact) mass is 246 g/mol. The van der Waals surface area contributed by atoms with Gasteiger partial charge in [-0.3, -0.25) is 10.1 Å². The quantitative estimate of drug-likeness (QED) is 0.820. The van der Waals surface area contributed by atoms with E-state index in [-0.39, 0.29) is 5.91 Å². The molecule has 1 aromatic rings. The topological polar surface area (TPSA) is 32.3 Å². The predicted molar refractivity (Wildman–Crippen MR) is 73.6 cm³/mol. The summed E-state index contributed by atoms with van der Waals surface area (Å²) < 4.78 is 0. The Morgan fingerprint density at radius 2 is 1.78 bits per heavy atom. The van der Waals surface area contributed by atoms with Gasteiger partial charge in [0.2, 0.25) is 5.91 Å². The minimum absolute atomic E-state index is 0.156. The fraction of sp³-hybridized carbons (Fsp3) is 0.533. The van der Waals surface area contributed by atoms with Crippen molar-refractivity contribution in [3.8, 4) is 0 Å². The smallest absolute Gasteiger partial charge is 0.247 e. The highest BCUT2D eigenvalue weighted by Gasteiger charge is 2.41. The van der Waals surface area contributed by atoms with Gasteiger partial charge in [-0.1, -0.05) is 17.7 Å². The van der Waals surface area contributed by atoms with Gasteiger partial charge < -0.3 is 4.90 Å².